The summed E-state index contributed by atoms with van der Waals surface area (Å²) in [5.74, 6) is 0.154. The number of halogens is 1. The molecule has 3 aromatic rings. The van der Waals surface area contributed by atoms with Crippen LogP contribution >= 0.6 is 0 Å². The second-order valence-electron chi connectivity index (χ2n) is 14.5. The first-order valence-corrected chi connectivity index (χ1v) is 16.6. The van der Waals surface area contributed by atoms with E-state index in [2.05, 4.69) is 84.3 Å². The van der Waals surface area contributed by atoms with Gasteiger partial charge >= 0.3 is 16.5 Å². The number of hydrogen-bond acceptors (Lipinski definition) is 11. The summed E-state index contributed by atoms with van der Waals surface area (Å²) in [6, 6.07) is 14.0. The van der Waals surface area contributed by atoms with E-state index in [1.165, 1.54) is 0 Å². The summed E-state index contributed by atoms with van der Waals surface area (Å²) >= 11 is 0. The molecule has 0 aliphatic heterocycles. The van der Waals surface area contributed by atoms with E-state index in [1.807, 2.05) is 49.3 Å². The van der Waals surface area contributed by atoms with Crippen LogP contribution < -0.4 is 33.7 Å². The van der Waals surface area contributed by atoms with Crippen LogP contribution in [0.15, 0.2) is 48.7 Å². The number of pyridine rings is 1. The minimum absolute atomic E-state index is 0. The molecule has 0 fully saturated rings. The van der Waals surface area contributed by atoms with Crippen LogP contribution in [0.1, 0.15) is 95.8 Å². The number of nitrogens with zero attached hydrogens (tertiary/aromatic N) is 3. The number of rotatable bonds is 7. The molecule has 0 bridgehead atoms. The van der Waals surface area contributed by atoms with E-state index in [4.69, 9.17) is 28.8 Å². The number of hydrogen-bond donors (Lipinski definition) is 2. The summed E-state index contributed by atoms with van der Waals surface area (Å²) in [6.07, 6.45) is 1.79. The number of aromatic nitrogens is 1. The Hall–Kier alpha value is -2.51. The average molecular weight is 752 g/mol. The van der Waals surface area contributed by atoms with Gasteiger partial charge in [-0.05, 0) is 68.3 Å². The molecule has 0 aliphatic rings. The fourth-order valence-corrected chi connectivity index (χ4v) is 4.77. The summed E-state index contributed by atoms with van der Waals surface area (Å²) in [6.45, 7) is 20.4. The molecule has 3 rings (SSSR count). The molecule has 2 aromatic carbocycles. The normalized spacial score (nSPS) is 11.6. The molecule has 0 unspecified atom stereocenters. The zero-order chi connectivity index (χ0) is 37.8. The van der Waals surface area contributed by atoms with Crippen molar-refractivity contribution in [2.24, 2.45) is 0 Å². The van der Waals surface area contributed by atoms with Gasteiger partial charge in [-0.1, -0.05) is 80.5 Å². The van der Waals surface area contributed by atoms with Gasteiger partial charge in [0, 0.05) is 59.8 Å². The summed E-state index contributed by atoms with van der Waals surface area (Å²) in [4.78, 5) is 8.78. The van der Waals surface area contributed by atoms with Crippen LogP contribution in [0.25, 0.3) is 0 Å². The molecular formula is C36H55ClN3NiO8. The van der Waals surface area contributed by atoms with Gasteiger partial charge in [0.05, 0.1) is 5.69 Å². The van der Waals surface area contributed by atoms with Crippen LogP contribution in [-0.4, -0.2) is 48.4 Å². The van der Waals surface area contributed by atoms with Gasteiger partial charge in [-0.3, -0.25) is 9.88 Å². The first kappa shape index (κ1) is 48.6. The van der Waals surface area contributed by atoms with Gasteiger partial charge in [-0.2, -0.15) is 0 Å². The number of anilines is 1. The Morgan fingerprint density at radius 3 is 1.45 bits per heavy atom. The molecule has 279 valence electrons. The summed E-state index contributed by atoms with van der Waals surface area (Å²) in [5.41, 5.74) is 5.52. The Kier molecular flexibility index (Phi) is 20.2. The van der Waals surface area contributed by atoms with Gasteiger partial charge < -0.3 is 25.3 Å². The number of aliphatic hydroxyl groups is 2. The van der Waals surface area contributed by atoms with Crippen molar-refractivity contribution in [3.05, 3.63) is 82.2 Å². The zero-order valence-electron chi connectivity index (χ0n) is 31.1. The van der Waals surface area contributed by atoms with Gasteiger partial charge in [-0.25, -0.2) is 18.6 Å². The van der Waals surface area contributed by atoms with Crippen molar-refractivity contribution in [1.82, 2.24) is 9.88 Å². The van der Waals surface area contributed by atoms with E-state index in [-0.39, 0.29) is 44.2 Å². The van der Waals surface area contributed by atoms with E-state index >= 15 is 0 Å². The van der Waals surface area contributed by atoms with Crippen molar-refractivity contribution in [2.45, 2.75) is 98.2 Å². The third-order valence-electron chi connectivity index (χ3n) is 7.21. The molecule has 1 heterocycles. The van der Waals surface area contributed by atoms with Crippen molar-refractivity contribution in [3.8, 4) is 11.5 Å². The summed E-state index contributed by atoms with van der Waals surface area (Å²) in [7, 11) is 1.05. The quantitative estimate of drug-likeness (QED) is 0.325. The largest absolute Gasteiger partial charge is 3.00 e. The second-order valence-corrected chi connectivity index (χ2v) is 15.2. The fourth-order valence-electron chi connectivity index (χ4n) is 4.77. The van der Waals surface area contributed by atoms with Crippen molar-refractivity contribution >= 4 is 5.69 Å². The Balaban J connectivity index is 0. The van der Waals surface area contributed by atoms with E-state index in [0.29, 0.717) is 19.6 Å². The monoisotopic (exact) mass is 750 g/mol. The van der Waals surface area contributed by atoms with E-state index in [1.54, 1.807) is 6.20 Å². The van der Waals surface area contributed by atoms with E-state index in [9.17, 15) is 10.2 Å². The maximum absolute atomic E-state index is 13.8. The van der Waals surface area contributed by atoms with Crippen LogP contribution in [0.4, 0.5) is 5.69 Å². The smallest absolute Gasteiger partial charge is 0.872 e. The molecule has 2 N–H and O–H groups in total. The van der Waals surface area contributed by atoms with Crippen LogP contribution in [0.3, 0.4) is 0 Å². The Morgan fingerprint density at radius 2 is 1.08 bits per heavy atom. The van der Waals surface area contributed by atoms with Crippen molar-refractivity contribution < 1.29 is 65.8 Å². The van der Waals surface area contributed by atoms with Crippen molar-refractivity contribution in [1.29, 1.82) is 0 Å². The van der Waals surface area contributed by atoms with Gasteiger partial charge in [0.15, 0.2) is 0 Å². The molecule has 13 heteroatoms. The predicted molar refractivity (Wildman–Crippen MR) is 176 cm³/mol. The van der Waals surface area contributed by atoms with E-state index < -0.39 is 10.2 Å². The number of benzene rings is 2. The minimum Gasteiger partial charge on any atom is -0.872 e. The second kappa shape index (κ2) is 20.4. The molecule has 11 nitrogen and oxygen atoms in total. The topological polar surface area (TPSA) is 198 Å². The van der Waals surface area contributed by atoms with Gasteiger partial charge in [0.2, 0.25) is 0 Å². The Labute approximate surface area is 305 Å². The average Bonchev–Trinajstić information content (AvgIpc) is 2.95. The molecule has 0 saturated carbocycles. The van der Waals surface area contributed by atoms with Crippen molar-refractivity contribution in [2.75, 3.05) is 33.2 Å². The number of aliphatic hydroxyl groups excluding tert-OH is 2. The van der Waals surface area contributed by atoms with Crippen LogP contribution in [0.5, 0.6) is 11.5 Å². The maximum atomic E-state index is 13.8. The molecule has 0 atom stereocenters. The van der Waals surface area contributed by atoms with Crippen molar-refractivity contribution in [3.63, 3.8) is 0 Å². The zero-order valence-corrected chi connectivity index (χ0v) is 32.9. The van der Waals surface area contributed by atoms with Crippen LogP contribution in [0, 0.1) is 10.2 Å². The molecule has 1 aromatic heterocycles. The maximum Gasteiger partial charge on any atom is 3.00 e. The SMILES string of the molecule is CN(C)c1cc(CN(Cc2ccccn2)Cc2cc(C(C)(C)C)cc(C(C)(C)C)c2[O-])c([O-])c(C(C)(C)C)c1.CO.CO.[Ni+3].[O-][Cl+3]([O-])([O-])[O-]. The Morgan fingerprint density at radius 1 is 0.653 bits per heavy atom. The molecule has 0 aliphatic carbocycles. The van der Waals surface area contributed by atoms with Crippen LogP contribution in [-0.2, 0) is 52.4 Å². The summed E-state index contributed by atoms with van der Waals surface area (Å²) in [5, 5.41) is 41.6. The molecule has 49 heavy (non-hydrogen) atoms. The van der Waals surface area contributed by atoms with E-state index in [0.717, 1.165) is 53.4 Å². The first-order valence-electron chi connectivity index (χ1n) is 15.4. The third-order valence-corrected chi connectivity index (χ3v) is 7.21. The fraction of sp³-hybridized carbons (Fsp3) is 0.528. The third kappa shape index (κ3) is 16.8. The first-order chi connectivity index (χ1) is 21.9. The minimum atomic E-state index is -4.94. The Bertz CT molecular complexity index is 1390. The molecule has 0 saturated heterocycles. The molecule has 0 spiro atoms. The van der Waals surface area contributed by atoms with Crippen LogP contribution in [0.2, 0.25) is 0 Å². The predicted octanol–water partition coefficient (Wildman–Crippen LogP) is 0.848. The standard InChI is InChI=1S/C34H49N3O2.2CH4O.ClHO4.Ni/c1-32(2,3)25-16-23(30(38)28(18-25)33(4,5)6)20-37(22-26-14-12-13-15-35-26)21-24-17-27(36(10)11)19-29(31(24)39)34(7,8)9;2*1-2;2-1(3,4)5;/h12-19,38-39H,20-22H2,1-11H3;2*2H,1H3;(H,2,3,4,5);/q;;;;+3/p-3. The van der Waals surface area contributed by atoms with Gasteiger partial charge in [0.1, 0.15) is 0 Å². The summed E-state index contributed by atoms with van der Waals surface area (Å²) < 4.78 is 34.0. The van der Waals surface area contributed by atoms with Gasteiger partial charge in [0.25, 0.3) is 0 Å². The molecule has 1 radical (unpaired) electrons. The molecule has 0 amide bonds. The van der Waals surface area contributed by atoms with Gasteiger partial charge in [-0.15, -0.1) is 21.7 Å². The molecular weight excluding hydrogens is 697 g/mol.